The summed E-state index contributed by atoms with van der Waals surface area (Å²) in [6, 6.07) is 15.4. The highest BCUT2D eigenvalue weighted by Gasteiger charge is 2.32. The molecule has 38 heavy (non-hydrogen) atoms. The van der Waals surface area contributed by atoms with Gasteiger partial charge in [-0.1, -0.05) is 56.3 Å². The maximum atomic E-state index is 13.6. The van der Waals surface area contributed by atoms with Gasteiger partial charge < -0.3 is 9.80 Å². The number of likely N-dealkylation sites (tertiary alicyclic amines) is 1. The SMILES string of the molecule is CCCN(CC(=O)N(Cc1ccc(F)cc1)C1CCN(C(=O)C=Cc2ccccc2)CC1)S(=O)(=O)CCC. The largest absolute Gasteiger partial charge is 0.339 e. The Labute approximate surface area is 226 Å². The maximum absolute atomic E-state index is 13.6. The van der Waals surface area contributed by atoms with Gasteiger partial charge in [0.2, 0.25) is 21.8 Å². The molecule has 0 atom stereocenters. The fourth-order valence-corrected chi connectivity index (χ4v) is 6.18. The van der Waals surface area contributed by atoms with E-state index in [9.17, 15) is 22.4 Å². The molecule has 0 unspecified atom stereocenters. The monoisotopic (exact) mass is 543 g/mol. The summed E-state index contributed by atoms with van der Waals surface area (Å²) in [6.07, 6.45) is 5.59. The number of carbonyl (C=O) groups excluding carboxylic acids is 2. The first-order valence-electron chi connectivity index (χ1n) is 13.3. The molecule has 0 bridgehead atoms. The number of carbonyl (C=O) groups is 2. The minimum absolute atomic E-state index is 0.00472. The van der Waals surface area contributed by atoms with Gasteiger partial charge in [0.1, 0.15) is 5.82 Å². The molecule has 0 spiro atoms. The van der Waals surface area contributed by atoms with Crippen molar-refractivity contribution in [3.05, 3.63) is 77.6 Å². The van der Waals surface area contributed by atoms with Crippen LogP contribution in [-0.4, -0.2) is 72.3 Å². The lowest BCUT2D eigenvalue weighted by Crippen LogP contribution is -2.51. The third kappa shape index (κ3) is 8.49. The Hall–Kier alpha value is -3.04. The van der Waals surface area contributed by atoms with E-state index in [2.05, 4.69) is 0 Å². The van der Waals surface area contributed by atoms with E-state index in [0.717, 1.165) is 11.1 Å². The fourth-order valence-electron chi connectivity index (χ4n) is 4.64. The van der Waals surface area contributed by atoms with Gasteiger partial charge in [-0.15, -0.1) is 0 Å². The van der Waals surface area contributed by atoms with Crippen molar-refractivity contribution in [2.75, 3.05) is 31.9 Å². The van der Waals surface area contributed by atoms with Crippen molar-refractivity contribution in [1.29, 1.82) is 0 Å². The lowest BCUT2D eigenvalue weighted by molar-refractivity contribution is -0.136. The highest BCUT2D eigenvalue weighted by atomic mass is 32.2. The fraction of sp³-hybridized carbons (Fsp3) is 0.448. The van der Waals surface area contributed by atoms with Gasteiger partial charge in [-0.3, -0.25) is 9.59 Å². The number of benzene rings is 2. The molecule has 0 saturated carbocycles. The predicted molar refractivity (Wildman–Crippen MR) is 148 cm³/mol. The number of halogens is 1. The Balaban J connectivity index is 1.72. The lowest BCUT2D eigenvalue weighted by Gasteiger charge is -2.39. The smallest absolute Gasteiger partial charge is 0.246 e. The van der Waals surface area contributed by atoms with Crippen molar-refractivity contribution in [3.63, 3.8) is 0 Å². The first-order valence-corrected chi connectivity index (χ1v) is 14.9. The van der Waals surface area contributed by atoms with Crippen LogP contribution in [0.2, 0.25) is 0 Å². The van der Waals surface area contributed by atoms with E-state index in [1.807, 2.05) is 37.3 Å². The Kier molecular flexibility index (Phi) is 11.0. The summed E-state index contributed by atoms with van der Waals surface area (Å²) in [7, 11) is -3.55. The molecule has 3 rings (SSSR count). The van der Waals surface area contributed by atoms with Gasteiger partial charge in [-0.2, -0.15) is 4.31 Å². The Bertz CT molecular complexity index is 1180. The van der Waals surface area contributed by atoms with Crippen LogP contribution in [0.5, 0.6) is 0 Å². The molecule has 1 saturated heterocycles. The van der Waals surface area contributed by atoms with Crippen LogP contribution in [0.25, 0.3) is 6.08 Å². The zero-order valence-corrected chi connectivity index (χ0v) is 23.1. The molecule has 0 aromatic heterocycles. The van der Waals surface area contributed by atoms with Crippen LogP contribution < -0.4 is 0 Å². The molecule has 2 amide bonds. The highest BCUT2D eigenvalue weighted by molar-refractivity contribution is 7.89. The van der Waals surface area contributed by atoms with Gasteiger partial charge in [0.15, 0.2) is 0 Å². The first kappa shape index (κ1) is 29.5. The summed E-state index contributed by atoms with van der Waals surface area (Å²) in [5.41, 5.74) is 1.71. The Morgan fingerprint density at radius 3 is 2.26 bits per heavy atom. The molecule has 1 fully saturated rings. The van der Waals surface area contributed by atoms with E-state index in [0.29, 0.717) is 38.8 Å². The third-order valence-electron chi connectivity index (χ3n) is 6.66. The summed E-state index contributed by atoms with van der Waals surface area (Å²) in [5, 5.41) is 0. The number of hydrogen-bond acceptors (Lipinski definition) is 4. The molecule has 7 nitrogen and oxygen atoms in total. The molecule has 0 radical (unpaired) electrons. The lowest BCUT2D eigenvalue weighted by atomic mass is 10.0. The van der Waals surface area contributed by atoms with Gasteiger partial charge in [-0.25, -0.2) is 12.8 Å². The molecule has 0 N–H and O–H groups in total. The van der Waals surface area contributed by atoms with Crippen molar-refractivity contribution in [2.45, 2.75) is 52.1 Å². The van der Waals surface area contributed by atoms with Gasteiger partial charge in [-0.05, 0) is 55.0 Å². The van der Waals surface area contributed by atoms with Crippen LogP contribution in [0.15, 0.2) is 60.7 Å². The topological polar surface area (TPSA) is 78.0 Å². The van der Waals surface area contributed by atoms with Crippen molar-refractivity contribution < 1.29 is 22.4 Å². The summed E-state index contributed by atoms with van der Waals surface area (Å²) in [6.45, 7) is 4.96. The van der Waals surface area contributed by atoms with Crippen molar-refractivity contribution in [1.82, 2.24) is 14.1 Å². The van der Waals surface area contributed by atoms with Gasteiger partial charge in [0.05, 0.1) is 12.3 Å². The molecular weight excluding hydrogens is 505 g/mol. The average molecular weight is 544 g/mol. The molecule has 2 aromatic carbocycles. The average Bonchev–Trinajstić information content (AvgIpc) is 2.91. The van der Waals surface area contributed by atoms with Crippen LogP contribution in [-0.2, 0) is 26.2 Å². The Morgan fingerprint density at radius 1 is 1.00 bits per heavy atom. The van der Waals surface area contributed by atoms with E-state index in [4.69, 9.17) is 0 Å². The molecule has 1 heterocycles. The molecule has 1 aliphatic heterocycles. The van der Waals surface area contributed by atoms with Crippen LogP contribution >= 0.6 is 0 Å². The van der Waals surface area contributed by atoms with Crippen LogP contribution in [0.3, 0.4) is 0 Å². The maximum Gasteiger partial charge on any atom is 0.246 e. The zero-order valence-electron chi connectivity index (χ0n) is 22.3. The van der Waals surface area contributed by atoms with Crippen molar-refractivity contribution >= 4 is 27.9 Å². The number of sulfonamides is 1. The standard InChI is InChI=1S/C29H38FN3O4S/c1-3-18-32(38(36,37)21-4-2)23-29(35)33(22-25-10-13-26(30)14-11-25)27-16-19-31(20-17-27)28(34)15-12-24-8-6-5-7-9-24/h5-15,27H,3-4,16-23H2,1-2H3. The summed E-state index contributed by atoms with van der Waals surface area (Å²) in [4.78, 5) is 29.8. The normalized spacial score (nSPS) is 14.8. The van der Waals surface area contributed by atoms with Crippen molar-refractivity contribution in [3.8, 4) is 0 Å². The number of piperidine rings is 1. The first-order chi connectivity index (χ1) is 18.2. The summed E-state index contributed by atoms with van der Waals surface area (Å²) >= 11 is 0. The number of hydrogen-bond donors (Lipinski definition) is 0. The van der Waals surface area contributed by atoms with Crippen LogP contribution in [0.1, 0.15) is 50.7 Å². The van der Waals surface area contributed by atoms with Gasteiger partial charge in [0.25, 0.3) is 0 Å². The molecule has 1 aliphatic rings. The zero-order chi connectivity index (χ0) is 27.5. The molecule has 206 valence electrons. The number of amides is 2. The van der Waals surface area contributed by atoms with E-state index in [1.165, 1.54) is 16.4 Å². The van der Waals surface area contributed by atoms with Crippen molar-refractivity contribution in [2.24, 2.45) is 0 Å². The highest BCUT2D eigenvalue weighted by Crippen LogP contribution is 2.21. The van der Waals surface area contributed by atoms with E-state index in [-0.39, 0.29) is 49.1 Å². The molecular formula is C29H38FN3O4S. The predicted octanol–water partition coefficient (Wildman–Crippen LogP) is 4.31. The van der Waals surface area contributed by atoms with Gasteiger partial charge >= 0.3 is 0 Å². The quantitative estimate of drug-likeness (QED) is 0.374. The molecule has 0 aliphatic carbocycles. The second kappa shape index (κ2) is 14.2. The minimum Gasteiger partial charge on any atom is -0.339 e. The molecule has 9 heteroatoms. The summed E-state index contributed by atoms with van der Waals surface area (Å²) in [5.74, 6) is -0.726. The molecule has 2 aromatic rings. The van der Waals surface area contributed by atoms with Crippen LogP contribution in [0, 0.1) is 5.82 Å². The third-order valence-corrected chi connectivity index (χ3v) is 8.68. The second-order valence-electron chi connectivity index (χ2n) is 9.60. The van der Waals surface area contributed by atoms with E-state index < -0.39 is 10.0 Å². The number of rotatable bonds is 12. The van der Waals surface area contributed by atoms with E-state index >= 15 is 0 Å². The second-order valence-corrected chi connectivity index (χ2v) is 11.7. The van der Waals surface area contributed by atoms with E-state index in [1.54, 1.807) is 41.0 Å². The van der Waals surface area contributed by atoms with Gasteiger partial charge in [0, 0.05) is 38.3 Å². The Morgan fingerprint density at radius 2 is 1.66 bits per heavy atom. The minimum atomic E-state index is -3.55. The number of nitrogens with zero attached hydrogens (tertiary/aromatic N) is 3. The summed E-state index contributed by atoms with van der Waals surface area (Å²) < 4.78 is 40.4. The van der Waals surface area contributed by atoms with Crippen LogP contribution in [0.4, 0.5) is 4.39 Å².